The van der Waals surface area contributed by atoms with E-state index < -0.39 is 0 Å². The first-order valence-electron chi connectivity index (χ1n) is 22.1. The fourth-order valence-electron chi connectivity index (χ4n) is 8.51. The maximum atomic E-state index is 2.35. The molecule has 0 bridgehead atoms. The third-order valence-electron chi connectivity index (χ3n) is 11.6. The van der Waals surface area contributed by atoms with E-state index in [1.807, 2.05) is 0 Å². The molecule has 4 heteroatoms. The van der Waals surface area contributed by atoms with Crippen LogP contribution in [0.5, 0.6) is 0 Å². The molecular weight excluding hydrogens is 789 g/mol. The topological polar surface area (TPSA) is 13.0 Å². The van der Waals surface area contributed by atoms with Crippen LogP contribution in [0.2, 0.25) is 0 Å². The van der Waals surface area contributed by atoms with Crippen molar-refractivity contribution in [3.63, 3.8) is 0 Å². The van der Waals surface area contributed by atoms with Gasteiger partial charge in [-0.05, 0) is 163 Å². The average Bonchev–Trinajstić information content (AvgIpc) is 3.38. The highest BCUT2D eigenvalue weighted by Crippen LogP contribution is 2.41. The molecule has 0 radical (unpaired) electrons. The van der Waals surface area contributed by atoms with Gasteiger partial charge in [-0.2, -0.15) is 0 Å². The van der Waals surface area contributed by atoms with Gasteiger partial charge in [0.15, 0.2) is 0 Å². The van der Waals surface area contributed by atoms with Gasteiger partial charge < -0.3 is 19.6 Å². The lowest BCUT2D eigenvalue weighted by Gasteiger charge is -2.29. The Balaban J connectivity index is 0.973. The fraction of sp³-hybridized carbons (Fsp3) is 0.0164. The van der Waals surface area contributed by atoms with E-state index in [9.17, 15) is 0 Å². The van der Waals surface area contributed by atoms with Crippen molar-refractivity contribution in [3.8, 4) is 0 Å². The Morgan fingerprint density at radius 2 is 0.292 bits per heavy atom. The minimum Gasteiger partial charge on any atom is -0.311 e. The van der Waals surface area contributed by atoms with Crippen molar-refractivity contribution >= 4 is 68.2 Å². The number of nitrogens with zero attached hydrogens (tertiary/aromatic N) is 4. The molecule has 10 aromatic rings. The Morgan fingerprint density at radius 1 is 0.154 bits per heavy atom. The number of para-hydroxylation sites is 6. The highest BCUT2D eigenvalue weighted by atomic mass is 15.2. The van der Waals surface area contributed by atoms with Crippen molar-refractivity contribution in [2.75, 3.05) is 19.6 Å². The number of rotatable bonds is 14. The third kappa shape index (κ3) is 9.15. The van der Waals surface area contributed by atoms with Gasteiger partial charge in [0.2, 0.25) is 0 Å². The van der Waals surface area contributed by atoms with E-state index in [-0.39, 0.29) is 0 Å². The van der Waals surface area contributed by atoms with Gasteiger partial charge in [0, 0.05) is 68.2 Å². The van der Waals surface area contributed by atoms with Gasteiger partial charge in [-0.15, -0.1) is 0 Å². The summed E-state index contributed by atoms with van der Waals surface area (Å²) in [6.45, 7) is 0. The van der Waals surface area contributed by atoms with Crippen molar-refractivity contribution < 1.29 is 0 Å². The molecule has 65 heavy (non-hydrogen) atoms. The molecule has 0 spiro atoms. The van der Waals surface area contributed by atoms with Gasteiger partial charge in [-0.3, -0.25) is 0 Å². The molecule has 4 nitrogen and oxygen atoms in total. The molecule has 0 amide bonds. The molecule has 0 aliphatic heterocycles. The van der Waals surface area contributed by atoms with E-state index in [0.717, 1.165) is 74.7 Å². The molecule has 10 rings (SSSR count). The van der Waals surface area contributed by atoms with Gasteiger partial charge >= 0.3 is 0 Å². The second-order valence-corrected chi connectivity index (χ2v) is 15.9. The summed E-state index contributed by atoms with van der Waals surface area (Å²) in [7, 11) is 0. The maximum absolute atomic E-state index is 2.35. The molecule has 0 N–H and O–H groups in total. The normalized spacial score (nSPS) is 10.8. The molecule has 312 valence electrons. The van der Waals surface area contributed by atoms with Crippen molar-refractivity contribution in [1.29, 1.82) is 0 Å². The predicted molar refractivity (Wildman–Crippen MR) is 274 cm³/mol. The Morgan fingerprint density at radius 3 is 0.462 bits per heavy atom. The number of hydrogen-bond acceptors (Lipinski definition) is 4. The Bertz CT molecular complexity index is 2760. The average molecular weight is 837 g/mol. The second-order valence-electron chi connectivity index (χ2n) is 15.9. The minimum absolute atomic E-state index is 0.824. The first-order chi connectivity index (χ1) is 32.2. The second kappa shape index (κ2) is 19.2. The van der Waals surface area contributed by atoms with Crippen LogP contribution in [0.3, 0.4) is 0 Å². The molecule has 0 fully saturated rings. The molecule has 0 aromatic heterocycles. The Kier molecular flexibility index (Phi) is 12.0. The third-order valence-corrected chi connectivity index (χ3v) is 11.6. The number of benzene rings is 10. The summed E-state index contributed by atoms with van der Waals surface area (Å²) in [5, 5.41) is 0. The van der Waals surface area contributed by atoms with Crippen molar-refractivity contribution in [2.45, 2.75) is 6.42 Å². The van der Waals surface area contributed by atoms with E-state index in [1.165, 1.54) is 11.1 Å². The van der Waals surface area contributed by atoms with Gasteiger partial charge in [0.05, 0.1) is 0 Å². The summed E-state index contributed by atoms with van der Waals surface area (Å²) in [5.74, 6) is 0. The summed E-state index contributed by atoms with van der Waals surface area (Å²) in [5.41, 5.74) is 15.7. The summed E-state index contributed by atoms with van der Waals surface area (Å²) < 4.78 is 0. The van der Waals surface area contributed by atoms with Crippen molar-refractivity contribution in [1.82, 2.24) is 0 Å². The van der Waals surface area contributed by atoms with Crippen LogP contribution in [0, 0.1) is 0 Å². The zero-order chi connectivity index (χ0) is 43.6. The van der Waals surface area contributed by atoms with Crippen LogP contribution in [0.1, 0.15) is 11.1 Å². The van der Waals surface area contributed by atoms with Crippen LogP contribution in [-0.2, 0) is 6.42 Å². The standard InChI is InChI=1S/C61H48N4/c1-7-19-50(20-8-1)62(51-21-9-2-10-22-51)56-35-31-48(32-36-56)47-49-33-37-57(38-34-49)65(60-43-39-58(40-44-60)63(52-23-11-3-12-24-52)53-25-13-4-14-26-53)61-45-41-59(42-46-61)64(54-27-15-5-16-28-54)55-29-17-6-18-30-55/h1-46H,47H2. The lowest BCUT2D eigenvalue weighted by atomic mass is 10.0. The SMILES string of the molecule is c1ccc(N(c2ccccc2)c2ccc(Cc3ccc(N(c4ccc(N(c5ccccc5)c5ccccc5)cc4)c4ccc(N(c5ccccc5)c5ccccc5)cc4)cc3)cc2)cc1. The lowest BCUT2D eigenvalue weighted by Crippen LogP contribution is -2.13. The zero-order valence-electron chi connectivity index (χ0n) is 36.1. The van der Waals surface area contributed by atoms with Gasteiger partial charge in [0.1, 0.15) is 0 Å². The molecule has 0 atom stereocenters. The quantitative estimate of drug-likeness (QED) is 0.108. The molecule has 0 saturated carbocycles. The Hall–Kier alpha value is -8.60. The Labute approximate surface area is 382 Å². The summed E-state index contributed by atoms with van der Waals surface area (Å²) in [6.07, 6.45) is 0.824. The molecule has 0 aliphatic carbocycles. The predicted octanol–water partition coefficient (Wildman–Crippen LogP) is 17.2. The molecule has 0 saturated heterocycles. The van der Waals surface area contributed by atoms with Crippen molar-refractivity contribution in [2.24, 2.45) is 0 Å². The number of anilines is 12. The fourth-order valence-corrected chi connectivity index (χ4v) is 8.51. The molecule has 0 heterocycles. The van der Waals surface area contributed by atoms with Crippen LogP contribution in [0.25, 0.3) is 0 Å². The first kappa shape index (κ1) is 40.5. The van der Waals surface area contributed by atoms with Crippen LogP contribution >= 0.6 is 0 Å². The van der Waals surface area contributed by atoms with E-state index in [2.05, 4.69) is 299 Å². The van der Waals surface area contributed by atoms with Crippen LogP contribution in [0.4, 0.5) is 68.2 Å². The largest absolute Gasteiger partial charge is 0.311 e. The number of hydrogen-bond donors (Lipinski definition) is 0. The molecule has 10 aromatic carbocycles. The monoisotopic (exact) mass is 836 g/mol. The van der Waals surface area contributed by atoms with E-state index in [0.29, 0.717) is 0 Å². The maximum Gasteiger partial charge on any atom is 0.0463 e. The van der Waals surface area contributed by atoms with Gasteiger partial charge in [0.25, 0.3) is 0 Å². The zero-order valence-corrected chi connectivity index (χ0v) is 36.1. The highest BCUT2D eigenvalue weighted by molar-refractivity contribution is 5.83. The minimum atomic E-state index is 0.824. The summed E-state index contributed by atoms with van der Waals surface area (Å²) in [4.78, 5) is 9.24. The summed E-state index contributed by atoms with van der Waals surface area (Å²) >= 11 is 0. The van der Waals surface area contributed by atoms with E-state index in [4.69, 9.17) is 0 Å². The summed E-state index contributed by atoms with van der Waals surface area (Å²) in [6, 6.07) is 99.1. The van der Waals surface area contributed by atoms with Gasteiger partial charge in [-0.25, -0.2) is 0 Å². The molecular formula is C61H48N4. The first-order valence-corrected chi connectivity index (χ1v) is 22.1. The lowest BCUT2D eigenvalue weighted by molar-refractivity contribution is 1.18. The molecule has 0 unspecified atom stereocenters. The smallest absolute Gasteiger partial charge is 0.0463 e. The van der Waals surface area contributed by atoms with Crippen LogP contribution in [-0.4, -0.2) is 0 Å². The van der Waals surface area contributed by atoms with E-state index in [1.54, 1.807) is 0 Å². The van der Waals surface area contributed by atoms with Crippen LogP contribution in [0.15, 0.2) is 279 Å². The molecule has 0 aliphatic rings. The highest BCUT2D eigenvalue weighted by Gasteiger charge is 2.18. The van der Waals surface area contributed by atoms with Crippen molar-refractivity contribution in [3.05, 3.63) is 290 Å². The van der Waals surface area contributed by atoms with Crippen LogP contribution < -0.4 is 19.6 Å². The van der Waals surface area contributed by atoms with Gasteiger partial charge in [-0.1, -0.05) is 133 Å². The van der Waals surface area contributed by atoms with E-state index >= 15 is 0 Å².